The van der Waals surface area contributed by atoms with Gasteiger partial charge in [-0.25, -0.2) is 0 Å². The van der Waals surface area contributed by atoms with E-state index in [2.05, 4.69) is 4.98 Å². The summed E-state index contributed by atoms with van der Waals surface area (Å²) in [5, 5.41) is 1.00. The van der Waals surface area contributed by atoms with E-state index in [1.165, 1.54) is 0 Å². The third kappa shape index (κ3) is 1.73. The zero-order valence-electron chi connectivity index (χ0n) is 9.07. The van der Waals surface area contributed by atoms with Crippen LogP contribution >= 0.6 is 0 Å². The van der Waals surface area contributed by atoms with E-state index in [0.29, 0.717) is 0 Å². The molecule has 78 valence electrons. The van der Waals surface area contributed by atoms with Crippen LogP contribution in [0.2, 0.25) is 0 Å². The molecule has 2 aromatic rings. The Balaban J connectivity index is 2.72. The number of fused-ring (bicyclic) bond motifs is 1. The number of methoxy groups -OCH3 is 2. The molecule has 0 bridgehead atoms. The lowest BCUT2D eigenvalue weighted by molar-refractivity contribution is 0.414. The maximum absolute atomic E-state index is 5.30. The molecule has 0 atom stereocenters. The zero-order chi connectivity index (χ0) is 10.8. The van der Waals surface area contributed by atoms with E-state index >= 15 is 0 Å². The quantitative estimate of drug-likeness (QED) is 0.751. The summed E-state index contributed by atoms with van der Waals surface area (Å²) in [6, 6.07) is 7.70. The van der Waals surface area contributed by atoms with Crippen LogP contribution in [0.25, 0.3) is 10.9 Å². The van der Waals surface area contributed by atoms with Gasteiger partial charge in [0.2, 0.25) is 0 Å². The lowest BCUT2D eigenvalue weighted by Gasteiger charge is -2.07. The van der Waals surface area contributed by atoms with Crippen molar-refractivity contribution in [2.45, 2.75) is 6.92 Å². The van der Waals surface area contributed by atoms with Crippen molar-refractivity contribution in [3.8, 4) is 11.5 Å². The van der Waals surface area contributed by atoms with Crippen LogP contribution in [-0.2, 0) is 0 Å². The molecule has 0 spiro atoms. The fraction of sp³-hybridized carbons (Fsp3) is 0.250. The molecule has 0 saturated carbocycles. The predicted molar refractivity (Wildman–Crippen MR) is 59.6 cm³/mol. The summed E-state index contributed by atoms with van der Waals surface area (Å²) >= 11 is 0. The number of hydrogen-bond donors (Lipinski definition) is 0. The summed E-state index contributed by atoms with van der Waals surface area (Å²) in [6.07, 6.45) is 0. The molecule has 0 aliphatic carbocycles. The lowest BCUT2D eigenvalue weighted by atomic mass is 10.2. The van der Waals surface area contributed by atoms with Gasteiger partial charge in [-0.15, -0.1) is 0 Å². The highest BCUT2D eigenvalue weighted by Gasteiger charge is 2.04. The predicted octanol–water partition coefficient (Wildman–Crippen LogP) is 2.56. The minimum absolute atomic E-state index is 0.808. The molecule has 3 nitrogen and oxygen atoms in total. The average molecular weight is 203 g/mol. The monoisotopic (exact) mass is 203 g/mol. The molecular weight excluding hydrogens is 190 g/mol. The van der Waals surface area contributed by atoms with Crippen LogP contribution in [0.5, 0.6) is 11.5 Å². The van der Waals surface area contributed by atoms with Crippen LogP contribution in [-0.4, -0.2) is 19.2 Å². The second-order valence-corrected chi connectivity index (χ2v) is 3.35. The summed E-state index contributed by atoms with van der Waals surface area (Å²) in [6.45, 7) is 1.95. The second kappa shape index (κ2) is 3.77. The Kier molecular flexibility index (Phi) is 2.46. The molecular formula is C12H13NO2. The maximum Gasteiger partial charge on any atom is 0.130 e. The summed E-state index contributed by atoms with van der Waals surface area (Å²) in [4.78, 5) is 4.43. The Hall–Kier alpha value is -1.77. The van der Waals surface area contributed by atoms with Gasteiger partial charge < -0.3 is 9.47 Å². The number of benzene rings is 1. The summed E-state index contributed by atoms with van der Waals surface area (Å²) in [7, 11) is 3.31. The number of aryl methyl sites for hydroxylation is 1. The molecule has 1 aromatic carbocycles. The van der Waals surface area contributed by atoms with Crippen LogP contribution in [0.15, 0.2) is 24.3 Å². The SMILES string of the molecule is COc1ccc2c(OC)cc(C)nc2c1. The van der Waals surface area contributed by atoms with E-state index in [-0.39, 0.29) is 0 Å². The third-order valence-corrected chi connectivity index (χ3v) is 2.33. The Bertz CT molecular complexity index is 494. The van der Waals surface area contributed by atoms with Crippen molar-refractivity contribution >= 4 is 10.9 Å². The van der Waals surface area contributed by atoms with Gasteiger partial charge in [0.1, 0.15) is 11.5 Å². The molecule has 0 N–H and O–H groups in total. The first-order valence-electron chi connectivity index (χ1n) is 4.74. The van der Waals surface area contributed by atoms with Crippen molar-refractivity contribution < 1.29 is 9.47 Å². The minimum atomic E-state index is 0.808. The van der Waals surface area contributed by atoms with Crippen molar-refractivity contribution in [3.05, 3.63) is 30.0 Å². The number of pyridine rings is 1. The minimum Gasteiger partial charge on any atom is -0.497 e. The Labute approximate surface area is 88.7 Å². The summed E-state index contributed by atoms with van der Waals surface area (Å²) in [5.41, 5.74) is 1.83. The fourth-order valence-corrected chi connectivity index (χ4v) is 1.60. The largest absolute Gasteiger partial charge is 0.497 e. The Morgan fingerprint density at radius 3 is 2.53 bits per heavy atom. The Morgan fingerprint density at radius 2 is 1.87 bits per heavy atom. The standard InChI is InChI=1S/C12H13NO2/c1-8-6-12(15-3)10-5-4-9(14-2)7-11(10)13-8/h4-7H,1-3H3. The third-order valence-electron chi connectivity index (χ3n) is 2.33. The molecule has 0 aliphatic rings. The van der Waals surface area contributed by atoms with Gasteiger partial charge in [-0.1, -0.05) is 0 Å². The fourth-order valence-electron chi connectivity index (χ4n) is 1.60. The molecule has 0 unspecified atom stereocenters. The molecule has 3 heteroatoms. The van der Waals surface area contributed by atoms with E-state index in [4.69, 9.17) is 9.47 Å². The molecule has 0 amide bonds. The number of nitrogens with zero attached hydrogens (tertiary/aromatic N) is 1. The van der Waals surface area contributed by atoms with Crippen LogP contribution in [0, 0.1) is 6.92 Å². The molecule has 2 rings (SSSR count). The van der Waals surface area contributed by atoms with Crippen LogP contribution in [0.4, 0.5) is 0 Å². The first kappa shape index (κ1) is 9.77. The molecule has 1 aromatic heterocycles. The van der Waals surface area contributed by atoms with Gasteiger partial charge in [-0.2, -0.15) is 0 Å². The van der Waals surface area contributed by atoms with Crippen molar-refractivity contribution in [2.24, 2.45) is 0 Å². The summed E-state index contributed by atoms with van der Waals surface area (Å²) < 4.78 is 10.5. The van der Waals surface area contributed by atoms with E-state index in [0.717, 1.165) is 28.1 Å². The second-order valence-electron chi connectivity index (χ2n) is 3.35. The van der Waals surface area contributed by atoms with Gasteiger partial charge in [0.25, 0.3) is 0 Å². The van der Waals surface area contributed by atoms with Gasteiger partial charge in [0, 0.05) is 23.2 Å². The molecule has 1 heterocycles. The first-order chi connectivity index (χ1) is 7.24. The number of ether oxygens (including phenoxy) is 2. The van der Waals surface area contributed by atoms with Crippen LogP contribution in [0.3, 0.4) is 0 Å². The Morgan fingerprint density at radius 1 is 1.07 bits per heavy atom. The highest BCUT2D eigenvalue weighted by atomic mass is 16.5. The zero-order valence-corrected chi connectivity index (χ0v) is 9.07. The first-order valence-corrected chi connectivity index (χ1v) is 4.74. The van der Waals surface area contributed by atoms with Crippen LogP contribution < -0.4 is 9.47 Å². The average Bonchev–Trinajstić information content (AvgIpc) is 2.26. The van der Waals surface area contributed by atoms with Crippen molar-refractivity contribution in [3.63, 3.8) is 0 Å². The van der Waals surface area contributed by atoms with Gasteiger partial charge in [0.15, 0.2) is 0 Å². The van der Waals surface area contributed by atoms with E-state index in [1.807, 2.05) is 31.2 Å². The normalized spacial score (nSPS) is 10.3. The smallest absolute Gasteiger partial charge is 0.130 e. The molecule has 0 saturated heterocycles. The summed E-state index contributed by atoms with van der Waals surface area (Å²) in [5.74, 6) is 1.66. The highest BCUT2D eigenvalue weighted by molar-refractivity contribution is 5.86. The topological polar surface area (TPSA) is 31.4 Å². The van der Waals surface area contributed by atoms with E-state index in [9.17, 15) is 0 Å². The van der Waals surface area contributed by atoms with E-state index < -0.39 is 0 Å². The number of hydrogen-bond acceptors (Lipinski definition) is 3. The maximum atomic E-state index is 5.30. The molecule has 0 aliphatic heterocycles. The van der Waals surface area contributed by atoms with Crippen molar-refractivity contribution in [1.29, 1.82) is 0 Å². The lowest BCUT2D eigenvalue weighted by Crippen LogP contribution is -1.91. The van der Waals surface area contributed by atoms with Crippen molar-refractivity contribution in [2.75, 3.05) is 14.2 Å². The van der Waals surface area contributed by atoms with Gasteiger partial charge in [0.05, 0.1) is 19.7 Å². The number of aromatic nitrogens is 1. The van der Waals surface area contributed by atoms with Gasteiger partial charge >= 0.3 is 0 Å². The van der Waals surface area contributed by atoms with Crippen molar-refractivity contribution in [1.82, 2.24) is 4.98 Å². The van der Waals surface area contributed by atoms with Gasteiger partial charge in [-0.3, -0.25) is 4.98 Å². The number of rotatable bonds is 2. The van der Waals surface area contributed by atoms with Crippen LogP contribution in [0.1, 0.15) is 5.69 Å². The van der Waals surface area contributed by atoms with E-state index in [1.54, 1.807) is 14.2 Å². The van der Waals surface area contributed by atoms with Gasteiger partial charge in [-0.05, 0) is 19.1 Å². The highest BCUT2D eigenvalue weighted by Crippen LogP contribution is 2.27. The molecule has 0 fully saturated rings. The molecule has 15 heavy (non-hydrogen) atoms. The molecule has 0 radical (unpaired) electrons.